The van der Waals surface area contributed by atoms with Crippen LogP contribution in [-0.4, -0.2) is 16.5 Å². The molecule has 0 saturated heterocycles. The van der Waals surface area contributed by atoms with Crippen LogP contribution in [0.1, 0.15) is 13.8 Å². The summed E-state index contributed by atoms with van der Waals surface area (Å²) in [7, 11) is 0. The predicted octanol–water partition coefficient (Wildman–Crippen LogP) is 2.89. The third kappa shape index (κ3) is 2.90. The molecule has 0 fully saturated rings. The summed E-state index contributed by atoms with van der Waals surface area (Å²) in [5.41, 5.74) is 6.63. The molecule has 0 saturated carbocycles. The molecule has 1 rings (SSSR count). The third-order valence-electron chi connectivity index (χ3n) is 1.78. The molecule has 0 aliphatic rings. The molecule has 2 nitrogen and oxygen atoms in total. The van der Waals surface area contributed by atoms with Gasteiger partial charge in [-0.05, 0) is 41.9 Å². The number of thioether (sulfide) groups is 1. The van der Waals surface area contributed by atoms with Crippen LogP contribution < -0.4 is 5.73 Å². The number of nitrogens with two attached hydrogens (primary N) is 1. The number of halogens is 1. The van der Waals surface area contributed by atoms with Crippen molar-refractivity contribution >= 4 is 33.4 Å². The summed E-state index contributed by atoms with van der Waals surface area (Å²) in [6.07, 6.45) is 0. The van der Waals surface area contributed by atoms with Crippen LogP contribution in [0.2, 0.25) is 0 Å². The second-order valence-electron chi connectivity index (χ2n) is 3.67. The maximum atomic E-state index is 9.14. The molecule has 4 heteroatoms. The van der Waals surface area contributed by atoms with Crippen molar-refractivity contribution in [1.29, 1.82) is 0 Å². The van der Waals surface area contributed by atoms with Crippen LogP contribution in [0.25, 0.3) is 0 Å². The first-order valence-corrected chi connectivity index (χ1v) is 5.91. The van der Waals surface area contributed by atoms with Crippen LogP contribution >= 0.6 is 27.7 Å². The van der Waals surface area contributed by atoms with Crippen molar-refractivity contribution in [1.82, 2.24) is 0 Å². The Morgan fingerprint density at radius 2 is 2.14 bits per heavy atom. The second-order valence-corrected chi connectivity index (χ2v) is 6.27. The lowest BCUT2D eigenvalue weighted by Gasteiger charge is -2.21. The molecule has 1 aromatic rings. The van der Waals surface area contributed by atoms with E-state index in [4.69, 9.17) is 10.8 Å². The van der Waals surface area contributed by atoms with Gasteiger partial charge in [0.15, 0.2) is 0 Å². The molecule has 0 radical (unpaired) electrons. The lowest BCUT2D eigenvalue weighted by Crippen LogP contribution is -2.19. The summed E-state index contributed by atoms with van der Waals surface area (Å²) in [6, 6.07) is 5.81. The van der Waals surface area contributed by atoms with E-state index >= 15 is 0 Å². The fourth-order valence-electron chi connectivity index (χ4n) is 0.936. The van der Waals surface area contributed by atoms with E-state index in [0.29, 0.717) is 0 Å². The topological polar surface area (TPSA) is 46.2 Å². The van der Waals surface area contributed by atoms with Gasteiger partial charge in [0.1, 0.15) is 0 Å². The SMILES string of the molecule is CC(C)(CO)Sc1cccc(Br)c1N. The molecule has 0 aliphatic carbocycles. The van der Waals surface area contributed by atoms with Crippen molar-refractivity contribution in [3.8, 4) is 0 Å². The minimum atomic E-state index is -0.199. The first kappa shape index (κ1) is 11.9. The Morgan fingerprint density at radius 3 is 2.71 bits per heavy atom. The number of para-hydroxylation sites is 1. The van der Waals surface area contributed by atoms with Gasteiger partial charge in [0.2, 0.25) is 0 Å². The molecule has 0 atom stereocenters. The highest BCUT2D eigenvalue weighted by atomic mass is 79.9. The van der Waals surface area contributed by atoms with Gasteiger partial charge in [0.05, 0.1) is 12.3 Å². The molecule has 1 aromatic carbocycles. The molecular formula is C10H14BrNOS. The maximum Gasteiger partial charge on any atom is 0.0596 e. The van der Waals surface area contributed by atoms with E-state index in [-0.39, 0.29) is 11.4 Å². The van der Waals surface area contributed by atoms with Crippen LogP contribution in [0.15, 0.2) is 27.6 Å². The molecule has 3 N–H and O–H groups in total. The monoisotopic (exact) mass is 275 g/mol. The van der Waals surface area contributed by atoms with Crippen LogP contribution in [0.3, 0.4) is 0 Å². The molecule has 0 unspecified atom stereocenters. The number of nitrogen functional groups attached to an aromatic ring is 1. The molecule has 78 valence electrons. The first-order chi connectivity index (χ1) is 6.46. The van der Waals surface area contributed by atoms with Crippen molar-refractivity contribution < 1.29 is 5.11 Å². The van der Waals surface area contributed by atoms with E-state index in [1.54, 1.807) is 11.8 Å². The minimum absolute atomic E-state index is 0.129. The number of hydrogen-bond donors (Lipinski definition) is 2. The van der Waals surface area contributed by atoms with Crippen LogP contribution in [0.4, 0.5) is 5.69 Å². The van der Waals surface area contributed by atoms with Crippen molar-refractivity contribution in [3.05, 3.63) is 22.7 Å². The lowest BCUT2D eigenvalue weighted by molar-refractivity contribution is 0.265. The Bertz CT molecular complexity index is 328. The zero-order chi connectivity index (χ0) is 10.8. The average molecular weight is 276 g/mol. The van der Waals surface area contributed by atoms with Crippen molar-refractivity contribution in [3.63, 3.8) is 0 Å². The van der Waals surface area contributed by atoms with E-state index in [9.17, 15) is 0 Å². The third-order valence-corrected chi connectivity index (χ3v) is 3.73. The van der Waals surface area contributed by atoms with Crippen LogP contribution in [0, 0.1) is 0 Å². The van der Waals surface area contributed by atoms with Crippen LogP contribution in [0.5, 0.6) is 0 Å². The van der Waals surface area contributed by atoms with Crippen LogP contribution in [-0.2, 0) is 0 Å². The Hall–Kier alpha value is -0.190. The maximum absolute atomic E-state index is 9.14. The van der Waals surface area contributed by atoms with E-state index in [1.165, 1.54) is 0 Å². The summed E-state index contributed by atoms with van der Waals surface area (Å²) < 4.78 is 0.700. The second kappa shape index (κ2) is 4.55. The lowest BCUT2D eigenvalue weighted by atomic mass is 10.2. The summed E-state index contributed by atoms with van der Waals surface area (Å²) in [4.78, 5) is 0.999. The van der Waals surface area contributed by atoms with E-state index in [1.807, 2.05) is 32.0 Å². The average Bonchev–Trinajstić information content (AvgIpc) is 2.13. The normalized spacial score (nSPS) is 11.7. The van der Waals surface area contributed by atoms with E-state index in [2.05, 4.69) is 15.9 Å². The number of rotatable bonds is 3. The number of anilines is 1. The van der Waals surface area contributed by atoms with Gasteiger partial charge in [-0.1, -0.05) is 6.07 Å². The zero-order valence-electron chi connectivity index (χ0n) is 8.25. The molecular weight excluding hydrogens is 262 g/mol. The van der Waals surface area contributed by atoms with Gasteiger partial charge in [-0.15, -0.1) is 11.8 Å². The van der Waals surface area contributed by atoms with Gasteiger partial charge in [0.25, 0.3) is 0 Å². The molecule has 0 amide bonds. The van der Waals surface area contributed by atoms with Crippen molar-refractivity contribution in [2.24, 2.45) is 0 Å². The number of benzene rings is 1. The molecule has 0 heterocycles. The fraction of sp³-hybridized carbons (Fsp3) is 0.400. The van der Waals surface area contributed by atoms with Gasteiger partial charge in [0, 0.05) is 14.1 Å². The van der Waals surface area contributed by atoms with Gasteiger partial charge in [-0.2, -0.15) is 0 Å². The van der Waals surface area contributed by atoms with Gasteiger partial charge < -0.3 is 10.8 Å². The number of aliphatic hydroxyl groups is 1. The molecule has 0 aliphatic heterocycles. The zero-order valence-corrected chi connectivity index (χ0v) is 10.7. The highest BCUT2D eigenvalue weighted by molar-refractivity contribution is 9.10. The van der Waals surface area contributed by atoms with Crippen molar-refractivity contribution in [2.45, 2.75) is 23.5 Å². The summed E-state index contributed by atoms with van der Waals surface area (Å²) in [6.45, 7) is 4.10. The standard InChI is InChI=1S/C10H14BrNOS/c1-10(2,6-13)14-8-5-3-4-7(11)9(8)12/h3-5,13H,6,12H2,1-2H3. The van der Waals surface area contributed by atoms with Crippen molar-refractivity contribution in [2.75, 3.05) is 12.3 Å². The quantitative estimate of drug-likeness (QED) is 0.659. The molecule has 14 heavy (non-hydrogen) atoms. The predicted molar refractivity (Wildman–Crippen MR) is 65.6 cm³/mol. The molecule has 0 bridgehead atoms. The summed E-state index contributed by atoms with van der Waals surface area (Å²) >= 11 is 4.96. The van der Waals surface area contributed by atoms with Gasteiger partial charge in [-0.3, -0.25) is 0 Å². The largest absolute Gasteiger partial charge is 0.397 e. The van der Waals surface area contributed by atoms with E-state index < -0.39 is 0 Å². The van der Waals surface area contributed by atoms with E-state index in [0.717, 1.165) is 15.1 Å². The Kier molecular flexibility index (Phi) is 3.86. The Labute approximate surface area is 97.0 Å². The molecule has 0 spiro atoms. The molecule has 0 aromatic heterocycles. The Balaban J connectivity index is 2.92. The number of aliphatic hydroxyl groups excluding tert-OH is 1. The van der Waals surface area contributed by atoms with Gasteiger partial charge >= 0.3 is 0 Å². The highest BCUT2D eigenvalue weighted by Crippen LogP contribution is 2.38. The summed E-state index contributed by atoms with van der Waals surface area (Å²) in [5, 5.41) is 9.14. The first-order valence-electron chi connectivity index (χ1n) is 4.30. The minimum Gasteiger partial charge on any atom is -0.397 e. The smallest absolute Gasteiger partial charge is 0.0596 e. The summed E-state index contributed by atoms with van der Waals surface area (Å²) in [5.74, 6) is 0. The highest BCUT2D eigenvalue weighted by Gasteiger charge is 2.19. The van der Waals surface area contributed by atoms with Gasteiger partial charge in [-0.25, -0.2) is 0 Å². The fourth-order valence-corrected chi connectivity index (χ4v) is 2.46. The Morgan fingerprint density at radius 1 is 1.50 bits per heavy atom. The number of hydrogen-bond acceptors (Lipinski definition) is 3.